The van der Waals surface area contributed by atoms with Crippen molar-refractivity contribution in [3.05, 3.63) is 181 Å². The summed E-state index contributed by atoms with van der Waals surface area (Å²) in [5, 5.41) is 4.91. The molecular weight excluding hydrogens is 645 g/mol. The highest BCUT2D eigenvalue weighted by molar-refractivity contribution is 6.26. The van der Waals surface area contributed by atoms with Gasteiger partial charge < -0.3 is 9.13 Å². The molecule has 1 aliphatic rings. The Morgan fingerprint density at radius 3 is 1.89 bits per heavy atom. The minimum atomic E-state index is -0.291. The Bertz CT molecular complexity index is 3080. The van der Waals surface area contributed by atoms with E-state index in [0.29, 0.717) is 0 Å². The molecular formula is C49H34N4. The standard InChI is InChI=1S/C49H34N4/c1-49(2)38-25-13-9-22-35(38)44-45(50-48(51-47(44)49)31-17-5-3-6-18-31)37-24-12-16-28-41(37)53-39-26-14-10-21-33(39)34-29-30-42-43(46(34)53)36-23-11-15-27-40(36)52(42)32-19-7-4-8-20-32/h3-30H,1-2H3. The lowest BCUT2D eigenvalue weighted by Crippen LogP contribution is -2.17. The fourth-order valence-electron chi connectivity index (χ4n) is 8.94. The molecule has 4 nitrogen and oxygen atoms in total. The van der Waals surface area contributed by atoms with Crippen LogP contribution in [0.4, 0.5) is 0 Å². The van der Waals surface area contributed by atoms with Crippen LogP contribution in [0.3, 0.4) is 0 Å². The van der Waals surface area contributed by atoms with Crippen LogP contribution < -0.4 is 0 Å². The Morgan fingerprint density at radius 1 is 0.472 bits per heavy atom. The Morgan fingerprint density at radius 2 is 1.09 bits per heavy atom. The average molecular weight is 679 g/mol. The van der Waals surface area contributed by atoms with E-state index in [4.69, 9.17) is 9.97 Å². The first-order valence-electron chi connectivity index (χ1n) is 18.3. The molecule has 0 aliphatic heterocycles. The van der Waals surface area contributed by atoms with E-state index >= 15 is 0 Å². The van der Waals surface area contributed by atoms with Crippen molar-refractivity contribution in [2.45, 2.75) is 19.3 Å². The summed E-state index contributed by atoms with van der Waals surface area (Å²) in [6.07, 6.45) is 0. The summed E-state index contributed by atoms with van der Waals surface area (Å²) < 4.78 is 4.90. The maximum absolute atomic E-state index is 5.51. The largest absolute Gasteiger partial charge is 0.309 e. The van der Waals surface area contributed by atoms with E-state index in [9.17, 15) is 0 Å². The van der Waals surface area contributed by atoms with Crippen LogP contribution in [0.15, 0.2) is 170 Å². The van der Waals surface area contributed by atoms with Crippen LogP contribution in [-0.4, -0.2) is 19.1 Å². The molecule has 0 radical (unpaired) electrons. The van der Waals surface area contributed by atoms with Gasteiger partial charge in [0, 0.05) is 49.3 Å². The monoisotopic (exact) mass is 678 g/mol. The van der Waals surface area contributed by atoms with Gasteiger partial charge >= 0.3 is 0 Å². The minimum absolute atomic E-state index is 0.291. The van der Waals surface area contributed by atoms with Crippen molar-refractivity contribution < 1.29 is 0 Å². The molecule has 0 spiro atoms. The molecule has 4 heteroatoms. The van der Waals surface area contributed by atoms with E-state index in [1.54, 1.807) is 0 Å². The molecule has 10 aromatic rings. The van der Waals surface area contributed by atoms with Gasteiger partial charge in [-0.05, 0) is 47.5 Å². The van der Waals surface area contributed by atoms with Crippen molar-refractivity contribution in [1.82, 2.24) is 19.1 Å². The number of nitrogens with zero attached hydrogens (tertiary/aromatic N) is 4. The summed E-state index contributed by atoms with van der Waals surface area (Å²) in [5.41, 5.74) is 14.3. The number of fused-ring (bicyclic) bond motifs is 10. The maximum Gasteiger partial charge on any atom is 0.160 e. The lowest BCUT2D eigenvalue weighted by Gasteiger charge is -2.21. The van der Waals surface area contributed by atoms with Gasteiger partial charge in [0.15, 0.2) is 5.82 Å². The van der Waals surface area contributed by atoms with Crippen LogP contribution in [0.1, 0.15) is 25.1 Å². The number of hydrogen-bond acceptors (Lipinski definition) is 2. The molecule has 0 saturated heterocycles. The van der Waals surface area contributed by atoms with Crippen molar-refractivity contribution in [1.29, 1.82) is 0 Å². The zero-order chi connectivity index (χ0) is 35.3. The average Bonchev–Trinajstić information content (AvgIpc) is 3.81. The van der Waals surface area contributed by atoms with Crippen LogP contribution in [0.5, 0.6) is 0 Å². The molecule has 11 rings (SSSR count). The van der Waals surface area contributed by atoms with E-state index in [-0.39, 0.29) is 5.41 Å². The third-order valence-corrected chi connectivity index (χ3v) is 11.3. The second kappa shape index (κ2) is 11.1. The van der Waals surface area contributed by atoms with E-state index in [1.165, 1.54) is 49.2 Å². The zero-order valence-electron chi connectivity index (χ0n) is 29.5. The van der Waals surface area contributed by atoms with Crippen LogP contribution in [0, 0.1) is 0 Å². The van der Waals surface area contributed by atoms with Crippen LogP contribution in [-0.2, 0) is 5.41 Å². The fourth-order valence-corrected chi connectivity index (χ4v) is 8.94. The molecule has 0 fully saturated rings. The third-order valence-electron chi connectivity index (χ3n) is 11.3. The van der Waals surface area contributed by atoms with Crippen molar-refractivity contribution in [3.63, 3.8) is 0 Å². The Labute approximate surface area is 307 Å². The van der Waals surface area contributed by atoms with Gasteiger partial charge in [0.25, 0.3) is 0 Å². The first kappa shape index (κ1) is 29.9. The SMILES string of the molecule is CC1(C)c2ccccc2-c2c(-c3ccccc3-n3c4ccccc4c4ccc5c(c6ccccc6n5-c5ccccc5)c43)nc(-c3ccccc3)nc21. The van der Waals surface area contributed by atoms with Gasteiger partial charge in [0.1, 0.15) is 0 Å². The molecule has 0 bridgehead atoms. The predicted molar refractivity (Wildman–Crippen MR) is 219 cm³/mol. The van der Waals surface area contributed by atoms with Crippen LogP contribution in [0.25, 0.3) is 88.8 Å². The number of benzene rings is 7. The maximum atomic E-state index is 5.51. The van der Waals surface area contributed by atoms with Gasteiger partial charge in [0.2, 0.25) is 0 Å². The fraction of sp³-hybridized carbons (Fsp3) is 0.0612. The predicted octanol–water partition coefficient (Wildman–Crippen LogP) is 12.3. The summed E-state index contributed by atoms with van der Waals surface area (Å²) >= 11 is 0. The van der Waals surface area contributed by atoms with Crippen LogP contribution >= 0.6 is 0 Å². The van der Waals surface area contributed by atoms with Crippen LogP contribution in [0.2, 0.25) is 0 Å². The molecule has 3 heterocycles. The number of hydrogen-bond donors (Lipinski definition) is 0. The van der Waals surface area contributed by atoms with E-state index in [0.717, 1.165) is 50.8 Å². The lowest BCUT2D eigenvalue weighted by atomic mass is 9.85. The van der Waals surface area contributed by atoms with E-state index in [1.807, 2.05) is 6.07 Å². The van der Waals surface area contributed by atoms with Gasteiger partial charge in [0.05, 0.1) is 39.1 Å². The van der Waals surface area contributed by atoms with Gasteiger partial charge in [-0.15, -0.1) is 0 Å². The summed E-state index contributed by atoms with van der Waals surface area (Å²) in [6, 6.07) is 60.9. The summed E-state index contributed by atoms with van der Waals surface area (Å²) in [4.78, 5) is 10.9. The smallest absolute Gasteiger partial charge is 0.160 e. The second-order valence-electron chi connectivity index (χ2n) is 14.6. The summed E-state index contributed by atoms with van der Waals surface area (Å²) in [6.45, 7) is 4.59. The Kier molecular flexibility index (Phi) is 6.27. The first-order valence-corrected chi connectivity index (χ1v) is 18.3. The summed E-state index contributed by atoms with van der Waals surface area (Å²) in [5.74, 6) is 0.741. The van der Waals surface area contributed by atoms with Gasteiger partial charge in [-0.1, -0.05) is 147 Å². The molecule has 0 amide bonds. The van der Waals surface area contributed by atoms with Crippen molar-refractivity contribution in [3.8, 4) is 45.1 Å². The topological polar surface area (TPSA) is 35.6 Å². The van der Waals surface area contributed by atoms with E-state index < -0.39 is 0 Å². The number of aromatic nitrogens is 4. The van der Waals surface area contributed by atoms with Crippen molar-refractivity contribution in [2.24, 2.45) is 0 Å². The molecule has 1 aliphatic carbocycles. The Hall–Kier alpha value is -6.78. The normalized spacial score (nSPS) is 13.2. The highest BCUT2D eigenvalue weighted by Crippen LogP contribution is 2.52. The Balaban J connectivity index is 1.29. The molecule has 3 aromatic heterocycles. The minimum Gasteiger partial charge on any atom is -0.309 e. The highest BCUT2D eigenvalue weighted by Gasteiger charge is 2.40. The first-order chi connectivity index (χ1) is 26.1. The summed E-state index contributed by atoms with van der Waals surface area (Å²) in [7, 11) is 0. The molecule has 53 heavy (non-hydrogen) atoms. The molecule has 7 aromatic carbocycles. The lowest BCUT2D eigenvalue weighted by molar-refractivity contribution is 0.636. The molecule has 0 atom stereocenters. The number of para-hydroxylation sites is 4. The van der Waals surface area contributed by atoms with Gasteiger partial charge in [-0.25, -0.2) is 9.97 Å². The van der Waals surface area contributed by atoms with Gasteiger partial charge in [-0.2, -0.15) is 0 Å². The molecule has 0 N–H and O–H groups in total. The zero-order valence-corrected chi connectivity index (χ0v) is 29.5. The molecule has 250 valence electrons. The van der Waals surface area contributed by atoms with Gasteiger partial charge in [-0.3, -0.25) is 0 Å². The quantitative estimate of drug-likeness (QED) is 0.186. The number of rotatable bonds is 4. The molecule has 0 unspecified atom stereocenters. The highest BCUT2D eigenvalue weighted by atomic mass is 15.0. The second-order valence-corrected chi connectivity index (χ2v) is 14.6. The van der Waals surface area contributed by atoms with Crippen molar-refractivity contribution in [2.75, 3.05) is 0 Å². The van der Waals surface area contributed by atoms with Crippen molar-refractivity contribution >= 4 is 43.6 Å². The third kappa shape index (κ3) is 4.18. The molecule has 0 saturated carbocycles. The van der Waals surface area contributed by atoms with E-state index in [2.05, 4.69) is 187 Å².